The molecule has 0 aliphatic heterocycles. The summed E-state index contributed by atoms with van der Waals surface area (Å²) in [4.78, 5) is 0. The van der Waals surface area contributed by atoms with E-state index in [-0.39, 0.29) is 33.8 Å². The van der Waals surface area contributed by atoms with Gasteiger partial charge in [0.15, 0.2) is 0 Å². The van der Waals surface area contributed by atoms with Gasteiger partial charge in [0, 0.05) is 6.20 Å². The molecule has 0 spiro atoms. The van der Waals surface area contributed by atoms with Crippen LogP contribution >= 0.6 is 11.5 Å². The molecule has 0 aromatic carbocycles. The Bertz CT molecular complexity index is 188. The third kappa shape index (κ3) is 2.88. The van der Waals surface area contributed by atoms with E-state index in [9.17, 15) is 8.76 Å². The van der Waals surface area contributed by atoms with Gasteiger partial charge in [-0.25, -0.2) is 0 Å². The second kappa shape index (κ2) is 4.54. The summed E-state index contributed by atoms with van der Waals surface area (Å²) >= 11 is -1.12. The maximum absolute atomic E-state index is 10.0. The first-order chi connectivity index (χ1) is 3.80. The van der Waals surface area contributed by atoms with E-state index in [2.05, 4.69) is 4.37 Å². The molecule has 0 amide bonds. The molecule has 1 atom stereocenters. The Hall–Kier alpha value is 0.740. The van der Waals surface area contributed by atoms with Crippen molar-refractivity contribution in [2.75, 3.05) is 0 Å². The van der Waals surface area contributed by atoms with Gasteiger partial charge in [0.05, 0.1) is 4.21 Å². The van der Waals surface area contributed by atoms with Crippen LogP contribution in [0.5, 0.6) is 0 Å². The van der Waals surface area contributed by atoms with Gasteiger partial charge in [-0.3, -0.25) is 4.21 Å². The monoisotopic (exact) mass is 171 g/mol. The number of hydrogen-bond acceptors (Lipinski definition) is 4. The molecule has 1 heterocycles. The van der Waals surface area contributed by atoms with E-state index in [4.69, 9.17) is 0 Å². The molecule has 1 rings (SSSR count). The minimum atomic E-state index is -2.09. The molecule has 0 N–H and O–H groups in total. The summed E-state index contributed by atoms with van der Waals surface area (Å²) in [6.07, 6.45) is 1.45. The van der Waals surface area contributed by atoms with Crippen LogP contribution in [0.4, 0.5) is 0 Å². The SMILES string of the molecule is O=S([O-])c1ccns1.[Na+]. The Labute approximate surface area is 81.2 Å². The Morgan fingerprint density at radius 2 is 2.44 bits per heavy atom. The van der Waals surface area contributed by atoms with Crippen molar-refractivity contribution in [3.8, 4) is 0 Å². The van der Waals surface area contributed by atoms with E-state index in [1.165, 1.54) is 12.3 Å². The first-order valence-corrected chi connectivity index (χ1v) is 3.65. The molecule has 0 saturated carbocycles. The fourth-order valence-corrected chi connectivity index (χ4v) is 1.18. The summed E-state index contributed by atoms with van der Waals surface area (Å²) in [7, 11) is 0. The van der Waals surface area contributed by atoms with Crippen LogP contribution in [-0.4, -0.2) is 13.1 Å². The Kier molecular flexibility index (Phi) is 4.91. The minimum Gasteiger partial charge on any atom is -0.768 e. The van der Waals surface area contributed by atoms with Crippen LogP contribution in [0.25, 0.3) is 0 Å². The van der Waals surface area contributed by atoms with Gasteiger partial charge >= 0.3 is 29.6 Å². The van der Waals surface area contributed by atoms with Crippen LogP contribution in [-0.2, 0) is 11.1 Å². The second-order valence-electron chi connectivity index (χ2n) is 1.07. The van der Waals surface area contributed by atoms with Crippen molar-refractivity contribution in [2.45, 2.75) is 4.21 Å². The van der Waals surface area contributed by atoms with E-state index >= 15 is 0 Å². The standard InChI is InChI=1S/C3H3NO2S2.Na/c5-8(6)3-1-2-4-7-3;/h1-2H,(H,5,6);/q;+1/p-1. The maximum atomic E-state index is 10.0. The fourth-order valence-electron chi connectivity index (χ4n) is 0.290. The van der Waals surface area contributed by atoms with Crippen molar-refractivity contribution >= 4 is 22.6 Å². The Balaban J connectivity index is 0.000000640. The second-order valence-corrected chi connectivity index (χ2v) is 3.07. The summed E-state index contributed by atoms with van der Waals surface area (Å²) in [5.74, 6) is 0. The zero-order valence-electron chi connectivity index (χ0n) is 4.73. The van der Waals surface area contributed by atoms with Crippen molar-refractivity contribution in [2.24, 2.45) is 0 Å². The van der Waals surface area contributed by atoms with Crippen LogP contribution in [0.2, 0.25) is 0 Å². The topological polar surface area (TPSA) is 53.0 Å². The van der Waals surface area contributed by atoms with Gasteiger partial charge in [-0.05, 0) is 28.7 Å². The van der Waals surface area contributed by atoms with Crippen LogP contribution < -0.4 is 29.6 Å². The summed E-state index contributed by atoms with van der Waals surface area (Å²) < 4.78 is 23.9. The van der Waals surface area contributed by atoms with Gasteiger partial charge in [0.1, 0.15) is 0 Å². The van der Waals surface area contributed by atoms with E-state index in [1.54, 1.807) is 0 Å². The molecular weight excluding hydrogens is 169 g/mol. The van der Waals surface area contributed by atoms with Crippen LogP contribution in [0.1, 0.15) is 0 Å². The Morgan fingerprint density at radius 3 is 2.67 bits per heavy atom. The van der Waals surface area contributed by atoms with Crippen molar-refractivity contribution in [3.63, 3.8) is 0 Å². The summed E-state index contributed by atoms with van der Waals surface area (Å²) in [6, 6.07) is 1.45. The van der Waals surface area contributed by atoms with E-state index in [0.29, 0.717) is 0 Å². The van der Waals surface area contributed by atoms with Crippen molar-refractivity contribution < 1.29 is 38.3 Å². The molecule has 0 aliphatic carbocycles. The molecule has 44 valence electrons. The van der Waals surface area contributed by atoms with Gasteiger partial charge in [-0.15, -0.1) is 0 Å². The predicted molar refractivity (Wildman–Crippen MR) is 29.3 cm³/mol. The third-order valence-electron chi connectivity index (χ3n) is 0.578. The van der Waals surface area contributed by atoms with Crippen molar-refractivity contribution in [1.29, 1.82) is 0 Å². The predicted octanol–water partition coefficient (Wildman–Crippen LogP) is -2.61. The molecule has 9 heavy (non-hydrogen) atoms. The van der Waals surface area contributed by atoms with Gasteiger partial charge < -0.3 is 4.55 Å². The van der Waals surface area contributed by atoms with Crippen LogP contribution in [0.15, 0.2) is 16.5 Å². The van der Waals surface area contributed by atoms with Crippen molar-refractivity contribution in [1.82, 2.24) is 4.37 Å². The van der Waals surface area contributed by atoms with Crippen LogP contribution in [0.3, 0.4) is 0 Å². The first kappa shape index (κ1) is 9.74. The van der Waals surface area contributed by atoms with Gasteiger partial charge in [-0.2, -0.15) is 4.37 Å². The number of rotatable bonds is 1. The zero-order valence-corrected chi connectivity index (χ0v) is 8.37. The quantitative estimate of drug-likeness (QED) is 0.343. The Morgan fingerprint density at radius 1 is 1.78 bits per heavy atom. The van der Waals surface area contributed by atoms with E-state index in [1.807, 2.05) is 0 Å². The molecule has 0 bridgehead atoms. The molecule has 1 aromatic heterocycles. The molecule has 0 aliphatic rings. The van der Waals surface area contributed by atoms with E-state index < -0.39 is 11.1 Å². The van der Waals surface area contributed by atoms with Crippen molar-refractivity contribution in [3.05, 3.63) is 12.3 Å². The third-order valence-corrected chi connectivity index (χ3v) is 2.22. The number of hydrogen-bond donors (Lipinski definition) is 0. The molecule has 1 unspecified atom stereocenters. The molecule has 0 fully saturated rings. The molecule has 0 saturated heterocycles. The van der Waals surface area contributed by atoms with Gasteiger partial charge in [0.2, 0.25) is 0 Å². The smallest absolute Gasteiger partial charge is 0.768 e. The summed E-state index contributed by atoms with van der Waals surface area (Å²) in [5, 5.41) is 0. The molecule has 6 heteroatoms. The molecule has 0 radical (unpaired) electrons. The maximum Gasteiger partial charge on any atom is 1.00 e. The summed E-state index contributed by atoms with van der Waals surface area (Å²) in [5.41, 5.74) is 0. The zero-order chi connectivity index (χ0) is 5.98. The fraction of sp³-hybridized carbons (Fsp3) is 0. The van der Waals surface area contributed by atoms with Gasteiger partial charge in [-0.1, -0.05) is 0 Å². The largest absolute Gasteiger partial charge is 1.00 e. The number of nitrogens with zero attached hydrogens (tertiary/aromatic N) is 1. The van der Waals surface area contributed by atoms with Gasteiger partial charge in [0.25, 0.3) is 0 Å². The molecule has 1 aromatic rings. The number of aromatic nitrogens is 1. The average molecular weight is 171 g/mol. The first-order valence-electron chi connectivity index (χ1n) is 1.80. The minimum absolute atomic E-state index is 0. The summed E-state index contributed by atoms with van der Waals surface area (Å²) in [6.45, 7) is 0. The van der Waals surface area contributed by atoms with E-state index in [0.717, 1.165) is 11.5 Å². The average Bonchev–Trinajstić information content (AvgIpc) is 2.12. The molecule has 3 nitrogen and oxygen atoms in total. The normalized spacial score (nSPS) is 12.1. The van der Waals surface area contributed by atoms with Crippen LogP contribution in [0, 0.1) is 0 Å². The molecular formula is C3H2NNaO2S2.